The highest BCUT2D eigenvalue weighted by Gasteiger charge is 2.26. The molecule has 220 valence electrons. The lowest BCUT2D eigenvalue weighted by atomic mass is 9.97. The second-order valence-corrected chi connectivity index (χ2v) is 10.5. The molecule has 2 aromatic carbocycles. The second-order valence-electron chi connectivity index (χ2n) is 10.5. The summed E-state index contributed by atoms with van der Waals surface area (Å²) < 4.78 is 29.9. The molecule has 3 rings (SSSR count). The molecule has 0 spiro atoms. The highest BCUT2D eigenvalue weighted by molar-refractivity contribution is 5.89. The van der Waals surface area contributed by atoms with Crippen molar-refractivity contribution in [3.05, 3.63) is 71.3 Å². The summed E-state index contributed by atoms with van der Waals surface area (Å²) >= 11 is 0. The van der Waals surface area contributed by atoms with Crippen molar-refractivity contribution in [1.29, 1.82) is 0 Å². The molecule has 1 aromatic heterocycles. The predicted molar refractivity (Wildman–Crippen MR) is 163 cm³/mol. The number of amides is 1. The molecule has 0 atom stereocenters. The monoisotopic (exact) mass is 565 g/mol. The minimum Gasteiger partial charge on any atom is -0.383 e. The maximum Gasteiger partial charge on any atom is 0.225 e. The van der Waals surface area contributed by atoms with E-state index in [4.69, 9.17) is 4.98 Å². The number of halogens is 2. The fraction of sp³-hybridized carbons (Fsp3) is 0.387. The Morgan fingerprint density at radius 3 is 2.37 bits per heavy atom. The van der Waals surface area contributed by atoms with E-state index in [1.165, 1.54) is 6.07 Å². The number of nitrogens with zero attached hydrogens (tertiary/aromatic N) is 3. The van der Waals surface area contributed by atoms with E-state index in [0.717, 1.165) is 52.4 Å². The van der Waals surface area contributed by atoms with E-state index in [0.29, 0.717) is 30.3 Å². The number of carbonyl (C=O) groups excluding carboxylic acids is 1. The molecule has 1 amide bonds. The van der Waals surface area contributed by atoms with Gasteiger partial charge in [-0.05, 0) is 70.1 Å². The molecule has 0 radical (unpaired) electrons. The molecule has 0 saturated heterocycles. The van der Waals surface area contributed by atoms with E-state index in [1.54, 1.807) is 7.05 Å². The molecule has 0 unspecified atom stereocenters. The first kappa shape index (κ1) is 31.6. The molecule has 0 saturated carbocycles. The summed E-state index contributed by atoms with van der Waals surface area (Å²) in [6.45, 7) is 15.9. The molecule has 1 heterocycles. The average Bonchev–Trinajstić information content (AvgIpc) is 2.91. The Morgan fingerprint density at radius 1 is 1.05 bits per heavy atom. The smallest absolute Gasteiger partial charge is 0.225 e. The van der Waals surface area contributed by atoms with Crippen molar-refractivity contribution in [3.63, 3.8) is 0 Å². The third-order valence-corrected chi connectivity index (χ3v) is 6.34. The molecule has 10 heteroatoms. The van der Waals surface area contributed by atoms with Crippen molar-refractivity contribution in [2.45, 2.75) is 59.7 Å². The summed E-state index contributed by atoms with van der Waals surface area (Å²) in [5, 5.41) is 13.0. The van der Waals surface area contributed by atoms with E-state index in [2.05, 4.69) is 46.7 Å². The lowest BCUT2D eigenvalue weighted by molar-refractivity contribution is -0.106. The number of aromatic nitrogens is 2. The summed E-state index contributed by atoms with van der Waals surface area (Å²) in [6.07, 6.45) is 1.17. The van der Waals surface area contributed by atoms with Crippen molar-refractivity contribution in [3.8, 4) is 11.3 Å². The second kappa shape index (κ2) is 14.7. The van der Waals surface area contributed by atoms with Gasteiger partial charge in [-0.1, -0.05) is 38.6 Å². The van der Waals surface area contributed by atoms with Crippen molar-refractivity contribution in [2.24, 2.45) is 0 Å². The van der Waals surface area contributed by atoms with E-state index in [1.807, 2.05) is 39.0 Å². The van der Waals surface area contributed by atoms with Crippen molar-refractivity contribution in [2.75, 3.05) is 30.4 Å². The lowest BCUT2D eigenvalue weighted by Gasteiger charge is -2.24. The van der Waals surface area contributed by atoms with Gasteiger partial charge in [-0.2, -0.15) is 4.98 Å². The normalized spacial score (nSPS) is 11.2. The van der Waals surface area contributed by atoms with E-state index in [9.17, 15) is 13.6 Å². The zero-order valence-electron chi connectivity index (χ0n) is 24.7. The van der Waals surface area contributed by atoms with Gasteiger partial charge in [-0.15, -0.1) is 0 Å². The van der Waals surface area contributed by atoms with Crippen LogP contribution in [0.3, 0.4) is 0 Å². The largest absolute Gasteiger partial charge is 0.383 e. The Morgan fingerprint density at radius 2 is 1.76 bits per heavy atom. The Balaban J connectivity index is 2.23. The van der Waals surface area contributed by atoms with Gasteiger partial charge in [0.05, 0.1) is 5.69 Å². The zero-order valence-corrected chi connectivity index (χ0v) is 24.7. The van der Waals surface area contributed by atoms with Crippen LogP contribution in [0.1, 0.15) is 50.8 Å². The van der Waals surface area contributed by atoms with Crippen LogP contribution in [-0.4, -0.2) is 48.6 Å². The Labute approximate surface area is 241 Å². The summed E-state index contributed by atoms with van der Waals surface area (Å²) in [5.41, 5.74) is 3.88. The Kier molecular flexibility index (Phi) is 11.3. The molecule has 4 N–H and O–H groups in total. The number of benzene rings is 2. The first-order chi connectivity index (χ1) is 19.6. The SMILES string of the molecule is C=C(NC(C)C)c1ccc(C)c(-c2nc(NCCCNC(C)C)nc(N(C=O)c3c(F)cccc3F)c2CNC)c1. The fourth-order valence-electron chi connectivity index (χ4n) is 4.42. The Hall–Kier alpha value is -3.89. The number of anilines is 3. The minimum atomic E-state index is -0.879. The van der Waals surface area contributed by atoms with Crippen molar-refractivity contribution >= 4 is 29.6 Å². The van der Waals surface area contributed by atoms with Crippen LogP contribution in [0, 0.1) is 18.6 Å². The Bertz CT molecular complexity index is 1340. The summed E-state index contributed by atoms with van der Waals surface area (Å²) in [5.74, 6) is -1.44. The van der Waals surface area contributed by atoms with Gasteiger partial charge in [0.25, 0.3) is 0 Å². The van der Waals surface area contributed by atoms with Crippen LogP contribution in [0.15, 0.2) is 43.0 Å². The number of hydrogen-bond donors (Lipinski definition) is 4. The van der Waals surface area contributed by atoms with Gasteiger partial charge < -0.3 is 21.3 Å². The molecule has 0 fully saturated rings. The zero-order chi connectivity index (χ0) is 30.1. The van der Waals surface area contributed by atoms with Crippen LogP contribution < -0.4 is 26.2 Å². The summed E-state index contributed by atoms with van der Waals surface area (Å²) in [6, 6.07) is 9.94. The van der Waals surface area contributed by atoms with E-state index >= 15 is 0 Å². The van der Waals surface area contributed by atoms with E-state index in [-0.39, 0.29) is 24.4 Å². The summed E-state index contributed by atoms with van der Waals surface area (Å²) in [4.78, 5) is 22.9. The minimum absolute atomic E-state index is 0.0788. The molecule has 0 aliphatic carbocycles. The molecule has 0 aliphatic heterocycles. The third-order valence-electron chi connectivity index (χ3n) is 6.34. The van der Waals surface area contributed by atoms with Gasteiger partial charge in [0.2, 0.25) is 12.4 Å². The highest BCUT2D eigenvalue weighted by Crippen LogP contribution is 2.37. The van der Waals surface area contributed by atoms with E-state index < -0.39 is 17.3 Å². The number of hydrogen-bond acceptors (Lipinski definition) is 7. The van der Waals surface area contributed by atoms with Gasteiger partial charge in [-0.3, -0.25) is 9.69 Å². The van der Waals surface area contributed by atoms with Crippen LogP contribution in [0.25, 0.3) is 17.0 Å². The first-order valence-corrected chi connectivity index (χ1v) is 13.9. The van der Waals surface area contributed by atoms with Crippen LogP contribution in [0.5, 0.6) is 0 Å². The van der Waals surface area contributed by atoms with Crippen molar-refractivity contribution < 1.29 is 13.6 Å². The topological polar surface area (TPSA) is 94.2 Å². The molecule has 0 bridgehead atoms. The maximum absolute atomic E-state index is 14.9. The molecule has 0 aliphatic rings. The average molecular weight is 566 g/mol. The predicted octanol–water partition coefficient (Wildman–Crippen LogP) is 5.51. The number of para-hydroxylation sites is 1. The third kappa shape index (κ3) is 8.08. The van der Waals surface area contributed by atoms with Gasteiger partial charge in [0, 0.05) is 42.0 Å². The molecule has 8 nitrogen and oxygen atoms in total. The fourth-order valence-corrected chi connectivity index (χ4v) is 4.42. The highest BCUT2D eigenvalue weighted by atomic mass is 19.1. The van der Waals surface area contributed by atoms with Crippen LogP contribution >= 0.6 is 0 Å². The number of aryl methyl sites for hydroxylation is 1. The number of nitrogens with one attached hydrogen (secondary N) is 4. The molecular weight excluding hydrogens is 524 g/mol. The summed E-state index contributed by atoms with van der Waals surface area (Å²) in [7, 11) is 1.74. The van der Waals surface area contributed by atoms with Gasteiger partial charge in [-0.25, -0.2) is 13.8 Å². The molecular formula is C31H41F2N7O. The van der Waals surface area contributed by atoms with Crippen molar-refractivity contribution in [1.82, 2.24) is 25.9 Å². The number of rotatable bonds is 15. The quantitative estimate of drug-likeness (QED) is 0.143. The lowest BCUT2D eigenvalue weighted by Crippen LogP contribution is -2.26. The first-order valence-electron chi connectivity index (χ1n) is 13.9. The van der Waals surface area contributed by atoms with Crippen LogP contribution in [0.4, 0.5) is 26.2 Å². The van der Waals surface area contributed by atoms with Gasteiger partial charge in [0.15, 0.2) is 5.82 Å². The molecule has 41 heavy (non-hydrogen) atoms. The standard InChI is InChI=1S/C31H41F2N7O/c1-19(2)35-14-9-15-36-31-38-28(24-16-23(13-12-21(24)5)22(6)37-20(3)4)25(17-34-7)30(39-31)40(18-41)29-26(32)10-8-11-27(29)33/h8,10-13,16,18-20,34-35,37H,6,9,14-15,17H2,1-5,7H3,(H,36,38,39). The number of carbonyl (C=O) groups is 1. The van der Waals surface area contributed by atoms with Crippen LogP contribution in [0.2, 0.25) is 0 Å². The van der Waals surface area contributed by atoms with Gasteiger partial charge >= 0.3 is 0 Å². The van der Waals surface area contributed by atoms with Crippen LogP contribution in [-0.2, 0) is 11.3 Å². The maximum atomic E-state index is 14.9. The van der Waals surface area contributed by atoms with Gasteiger partial charge in [0.1, 0.15) is 17.3 Å². The molecule has 3 aromatic rings.